The Morgan fingerprint density at radius 2 is 1.54 bits per heavy atom. The van der Waals surface area contributed by atoms with Crippen LogP contribution in [0.5, 0.6) is 0 Å². The van der Waals surface area contributed by atoms with E-state index in [4.69, 9.17) is 0 Å². The zero-order valence-corrected chi connectivity index (χ0v) is 23.6. The van der Waals surface area contributed by atoms with Crippen LogP contribution >= 0.6 is 0 Å². The lowest BCUT2D eigenvalue weighted by Crippen LogP contribution is -2.53. The van der Waals surface area contributed by atoms with E-state index in [0.29, 0.717) is 6.54 Å². The van der Waals surface area contributed by atoms with E-state index in [1.54, 1.807) is 30.3 Å². The van der Waals surface area contributed by atoms with E-state index in [9.17, 15) is 22.4 Å². The summed E-state index contributed by atoms with van der Waals surface area (Å²) in [7, 11) is -2.66. The number of likely N-dealkylation sites (N-methyl/N-ethyl adjacent to an activating group) is 1. The van der Waals surface area contributed by atoms with Gasteiger partial charge in [-0.2, -0.15) is 4.31 Å². The Morgan fingerprint density at radius 3 is 2.15 bits per heavy atom. The van der Waals surface area contributed by atoms with E-state index in [0.717, 1.165) is 15.4 Å². The number of benzene rings is 3. The van der Waals surface area contributed by atoms with Crippen molar-refractivity contribution in [2.45, 2.75) is 44.7 Å². The van der Waals surface area contributed by atoms with Gasteiger partial charge in [-0.25, -0.2) is 12.8 Å². The standard InChI is InChI=1S/C30H36FN3O4S/c1-22(2)19-32-30(36)28(18-24-10-6-5-7-11-24)34(20-25-12-8-9-13-27(25)31)29(35)21-33(4)39(37,38)26-16-14-23(3)15-17-26/h5-17,22,28H,18-21H2,1-4H3,(H,32,36). The molecule has 3 aromatic carbocycles. The van der Waals surface area contributed by atoms with Gasteiger partial charge in [0.05, 0.1) is 11.4 Å². The van der Waals surface area contributed by atoms with Gasteiger partial charge >= 0.3 is 0 Å². The molecule has 0 heterocycles. The Labute approximate surface area is 230 Å². The summed E-state index contributed by atoms with van der Waals surface area (Å²) >= 11 is 0. The lowest BCUT2D eigenvalue weighted by molar-refractivity contribution is -0.141. The van der Waals surface area contributed by atoms with Gasteiger partial charge in [-0.1, -0.05) is 80.1 Å². The zero-order chi connectivity index (χ0) is 28.6. The number of nitrogens with zero attached hydrogens (tertiary/aromatic N) is 2. The molecule has 3 aromatic rings. The highest BCUT2D eigenvalue weighted by Gasteiger charge is 2.33. The number of hydrogen-bond acceptors (Lipinski definition) is 4. The van der Waals surface area contributed by atoms with E-state index in [2.05, 4.69) is 5.32 Å². The van der Waals surface area contributed by atoms with Crippen LogP contribution in [0.4, 0.5) is 4.39 Å². The summed E-state index contributed by atoms with van der Waals surface area (Å²) in [5.74, 6) is -1.34. The first-order valence-corrected chi connectivity index (χ1v) is 14.3. The second-order valence-corrected chi connectivity index (χ2v) is 12.1. The van der Waals surface area contributed by atoms with Gasteiger partial charge in [0.2, 0.25) is 21.8 Å². The van der Waals surface area contributed by atoms with Gasteiger partial charge in [0.1, 0.15) is 11.9 Å². The number of nitrogens with one attached hydrogen (secondary N) is 1. The molecular formula is C30H36FN3O4S. The maximum Gasteiger partial charge on any atom is 0.243 e. The number of rotatable bonds is 12. The minimum absolute atomic E-state index is 0.0552. The van der Waals surface area contributed by atoms with Gasteiger partial charge in [0.15, 0.2) is 0 Å². The fourth-order valence-electron chi connectivity index (χ4n) is 4.04. The van der Waals surface area contributed by atoms with Crippen molar-refractivity contribution in [2.75, 3.05) is 20.1 Å². The van der Waals surface area contributed by atoms with Crippen molar-refractivity contribution >= 4 is 21.8 Å². The molecule has 0 saturated heterocycles. The normalized spacial score (nSPS) is 12.4. The van der Waals surface area contributed by atoms with Crippen LogP contribution in [0.25, 0.3) is 0 Å². The first-order valence-electron chi connectivity index (χ1n) is 12.9. The summed E-state index contributed by atoms with van der Waals surface area (Å²) < 4.78 is 42.1. The third-order valence-electron chi connectivity index (χ3n) is 6.34. The molecule has 0 bridgehead atoms. The number of sulfonamides is 1. The van der Waals surface area contributed by atoms with E-state index < -0.39 is 34.3 Å². The summed E-state index contributed by atoms with van der Waals surface area (Å²) in [5, 5.41) is 2.89. The molecule has 0 spiro atoms. The third-order valence-corrected chi connectivity index (χ3v) is 8.16. The quantitative estimate of drug-likeness (QED) is 0.365. The summed E-state index contributed by atoms with van der Waals surface area (Å²) in [5.41, 5.74) is 1.94. The SMILES string of the molecule is Cc1ccc(S(=O)(=O)N(C)CC(=O)N(Cc2ccccc2F)C(Cc2ccccc2)C(=O)NCC(C)C)cc1. The van der Waals surface area contributed by atoms with E-state index in [1.807, 2.05) is 51.1 Å². The van der Waals surface area contributed by atoms with Crippen molar-refractivity contribution < 1.29 is 22.4 Å². The molecule has 0 fully saturated rings. The average molecular weight is 554 g/mol. The Balaban J connectivity index is 1.97. The molecule has 2 amide bonds. The van der Waals surface area contributed by atoms with Crippen molar-refractivity contribution in [1.82, 2.24) is 14.5 Å². The number of aryl methyl sites for hydroxylation is 1. The molecule has 7 nitrogen and oxygen atoms in total. The topological polar surface area (TPSA) is 86.8 Å². The highest BCUT2D eigenvalue weighted by molar-refractivity contribution is 7.89. The number of amides is 2. The summed E-state index contributed by atoms with van der Waals surface area (Å²) in [6, 6.07) is 20.6. The van der Waals surface area contributed by atoms with Crippen molar-refractivity contribution in [2.24, 2.45) is 5.92 Å². The van der Waals surface area contributed by atoms with Gasteiger partial charge in [-0.3, -0.25) is 9.59 Å². The summed E-state index contributed by atoms with van der Waals surface area (Å²) in [6.07, 6.45) is 0.180. The van der Waals surface area contributed by atoms with Crippen molar-refractivity contribution in [1.29, 1.82) is 0 Å². The summed E-state index contributed by atoms with van der Waals surface area (Å²) in [4.78, 5) is 28.6. The van der Waals surface area contributed by atoms with Gasteiger partial charge in [-0.15, -0.1) is 0 Å². The van der Waals surface area contributed by atoms with Crippen LogP contribution in [0, 0.1) is 18.7 Å². The van der Waals surface area contributed by atoms with Gasteiger partial charge in [0, 0.05) is 32.1 Å². The predicted octanol–water partition coefficient (Wildman–Crippen LogP) is 4.17. The van der Waals surface area contributed by atoms with Crippen LogP contribution < -0.4 is 5.32 Å². The van der Waals surface area contributed by atoms with Crippen LogP contribution in [0.1, 0.15) is 30.5 Å². The molecule has 0 aliphatic heterocycles. The minimum Gasteiger partial charge on any atom is -0.354 e. The highest BCUT2D eigenvalue weighted by Crippen LogP contribution is 2.19. The highest BCUT2D eigenvalue weighted by atomic mass is 32.2. The average Bonchev–Trinajstić information content (AvgIpc) is 2.91. The Bertz CT molecular complexity index is 1360. The molecule has 9 heteroatoms. The minimum atomic E-state index is -3.98. The van der Waals surface area contributed by atoms with Crippen molar-refractivity contribution in [3.63, 3.8) is 0 Å². The monoisotopic (exact) mass is 553 g/mol. The molecule has 0 aromatic heterocycles. The van der Waals surface area contributed by atoms with E-state index in [1.165, 1.54) is 30.1 Å². The summed E-state index contributed by atoms with van der Waals surface area (Å²) in [6.45, 7) is 5.44. The fourth-order valence-corrected chi connectivity index (χ4v) is 5.16. The largest absolute Gasteiger partial charge is 0.354 e. The van der Waals surface area contributed by atoms with Gasteiger partial charge < -0.3 is 10.2 Å². The van der Waals surface area contributed by atoms with E-state index >= 15 is 0 Å². The number of carbonyl (C=O) groups excluding carboxylic acids is 2. The lowest BCUT2D eigenvalue weighted by atomic mass is 10.0. The number of carbonyl (C=O) groups is 2. The molecule has 1 atom stereocenters. The molecule has 39 heavy (non-hydrogen) atoms. The van der Waals surface area contributed by atoms with Crippen LogP contribution in [0.3, 0.4) is 0 Å². The zero-order valence-electron chi connectivity index (χ0n) is 22.8. The second-order valence-electron chi connectivity index (χ2n) is 10.0. The van der Waals surface area contributed by atoms with Crippen LogP contribution in [0.2, 0.25) is 0 Å². The smallest absolute Gasteiger partial charge is 0.243 e. The third kappa shape index (κ3) is 8.21. The second kappa shape index (κ2) is 13.5. The molecule has 208 valence electrons. The predicted molar refractivity (Wildman–Crippen MR) is 150 cm³/mol. The molecule has 0 radical (unpaired) electrons. The van der Waals surface area contributed by atoms with Crippen LogP contribution in [-0.2, 0) is 32.6 Å². The molecule has 0 aliphatic rings. The fraction of sp³-hybridized carbons (Fsp3) is 0.333. The van der Waals surface area contributed by atoms with Crippen LogP contribution in [0.15, 0.2) is 83.8 Å². The van der Waals surface area contributed by atoms with Crippen molar-refractivity contribution in [3.8, 4) is 0 Å². The van der Waals surface area contributed by atoms with Gasteiger partial charge in [-0.05, 0) is 36.6 Å². The Hall–Kier alpha value is -3.56. The first-order chi connectivity index (χ1) is 18.5. The Morgan fingerprint density at radius 1 is 0.923 bits per heavy atom. The van der Waals surface area contributed by atoms with E-state index in [-0.39, 0.29) is 35.2 Å². The van der Waals surface area contributed by atoms with Gasteiger partial charge in [0.25, 0.3) is 0 Å². The molecule has 3 rings (SSSR count). The van der Waals surface area contributed by atoms with Crippen LogP contribution in [-0.4, -0.2) is 55.6 Å². The maximum absolute atomic E-state index is 14.7. The number of hydrogen-bond donors (Lipinski definition) is 1. The number of halogens is 1. The van der Waals surface area contributed by atoms with Crippen molar-refractivity contribution in [3.05, 3.63) is 101 Å². The maximum atomic E-state index is 14.7. The molecule has 1 unspecified atom stereocenters. The molecular weight excluding hydrogens is 517 g/mol. The molecule has 1 N–H and O–H groups in total. The lowest BCUT2D eigenvalue weighted by Gasteiger charge is -2.33. The molecule has 0 aliphatic carbocycles. The first kappa shape index (κ1) is 30.0. The Kier molecular flexibility index (Phi) is 10.4. The molecule has 0 saturated carbocycles.